The van der Waals surface area contributed by atoms with Gasteiger partial charge in [-0.1, -0.05) is 42.3 Å². The maximum Gasteiger partial charge on any atom is 0.128 e. The van der Waals surface area contributed by atoms with E-state index < -0.39 is 0 Å². The van der Waals surface area contributed by atoms with E-state index in [1.54, 1.807) is 0 Å². The molecule has 0 heterocycles. The molecule has 0 spiro atoms. The van der Waals surface area contributed by atoms with Gasteiger partial charge in [0.15, 0.2) is 0 Å². The summed E-state index contributed by atoms with van der Waals surface area (Å²) < 4.78 is 14.4. The monoisotopic (exact) mass is 287 g/mol. The number of hydrogen-bond acceptors (Lipinski definition) is 1. The molecule has 3 heteroatoms. The van der Waals surface area contributed by atoms with Gasteiger partial charge in [0.05, 0.1) is 0 Å². The van der Waals surface area contributed by atoms with E-state index in [2.05, 4.69) is 34.7 Å². The van der Waals surface area contributed by atoms with E-state index in [-0.39, 0.29) is 5.82 Å². The quantitative estimate of drug-likeness (QED) is 0.758. The Hall–Kier alpha value is -0.410. The van der Waals surface area contributed by atoms with Crippen molar-refractivity contribution < 1.29 is 4.39 Å². The van der Waals surface area contributed by atoms with E-state index in [9.17, 15) is 4.39 Å². The fourth-order valence-electron chi connectivity index (χ4n) is 1.62. The second kappa shape index (κ2) is 7.02. The summed E-state index contributed by atoms with van der Waals surface area (Å²) in [6.07, 6.45) is 2.35. The van der Waals surface area contributed by atoms with E-state index >= 15 is 0 Å². The highest BCUT2D eigenvalue weighted by Crippen LogP contribution is 2.16. The number of hydrogen-bond donors (Lipinski definition) is 0. The largest absolute Gasteiger partial charge is 0.299 e. The number of halogens is 2. The van der Waals surface area contributed by atoms with Crippen molar-refractivity contribution in [1.82, 2.24) is 4.90 Å². The third kappa shape index (κ3) is 4.22. The zero-order chi connectivity index (χ0) is 12.0. The van der Waals surface area contributed by atoms with Crippen LogP contribution in [0.25, 0.3) is 0 Å². The molecule has 90 valence electrons. The van der Waals surface area contributed by atoms with Crippen LogP contribution in [0.5, 0.6) is 0 Å². The van der Waals surface area contributed by atoms with Crippen molar-refractivity contribution in [3.63, 3.8) is 0 Å². The average Bonchev–Trinajstić information content (AvgIpc) is 2.27. The summed E-state index contributed by atoms with van der Waals surface area (Å²) in [5.74, 6) is -0.121. The van der Waals surface area contributed by atoms with E-state index in [0.717, 1.165) is 23.1 Å². The van der Waals surface area contributed by atoms with Gasteiger partial charge in [0.25, 0.3) is 0 Å². The second-order valence-electron chi connectivity index (χ2n) is 3.96. The molecule has 0 saturated carbocycles. The number of benzene rings is 1. The molecular weight excluding hydrogens is 269 g/mol. The first-order chi connectivity index (χ1) is 7.67. The van der Waals surface area contributed by atoms with Crippen LogP contribution >= 0.6 is 15.9 Å². The molecular formula is C13H19BrFN. The van der Waals surface area contributed by atoms with Crippen molar-refractivity contribution in [2.45, 2.75) is 33.2 Å². The lowest BCUT2D eigenvalue weighted by Gasteiger charge is -2.20. The Bertz CT molecular complexity index is 328. The molecule has 1 nitrogen and oxygen atoms in total. The highest BCUT2D eigenvalue weighted by molar-refractivity contribution is 9.10. The lowest BCUT2D eigenvalue weighted by atomic mass is 10.2. The summed E-state index contributed by atoms with van der Waals surface area (Å²) in [4.78, 5) is 2.27. The minimum Gasteiger partial charge on any atom is -0.299 e. The summed E-state index contributed by atoms with van der Waals surface area (Å²) in [7, 11) is 0. The minimum atomic E-state index is -0.121. The first-order valence-electron chi connectivity index (χ1n) is 5.83. The molecule has 0 radical (unpaired) electrons. The smallest absolute Gasteiger partial charge is 0.128 e. The lowest BCUT2D eigenvalue weighted by Crippen LogP contribution is -2.24. The van der Waals surface area contributed by atoms with Gasteiger partial charge in [0.2, 0.25) is 0 Å². The summed E-state index contributed by atoms with van der Waals surface area (Å²) in [6.45, 7) is 7.01. The van der Waals surface area contributed by atoms with Gasteiger partial charge in [-0.2, -0.15) is 0 Å². The molecule has 1 aromatic carbocycles. The van der Waals surface area contributed by atoms with Gasteiger partial charge in [-0.05, 0) is 31.6 Å². The molecule has 0 aliphatic carbocycles. The van der Waals surface area contributed by atoms with Crippen molar-refractivity contribution >= 4 is 15.9 Å². The van der Waals surface area contributed by atoms with Crippen molar-refractivity contribution in [3.8, 4) is 0 Å². The van der Waals surface area contributed by atoms with Crippen LogP contribution < -0.4 is 0 Å². The second-order valence-corrected chi connectivity index (χ2v) is 4.87. The Kier molecular flexibility index (Phi) is 5.99. The highest BCUT2D eigenvalue weighted by atomic mass is 79.9. The van der Waals surface area contributed by atoms with Crippen LogP contribution in [-0.4, -0.2) is 18.0 Å². The molecule has 0 aliphatic rings. The van der Waals surface area contributed by atoms with Crippen LogP contribution in [0, 0.1) is 5.82 Å². The Balaban J connectivity index is 2.62. The number of unbranched alkanes of at least 4 members (excludes halogenated alkanes) is 1. The number of rotatable bonds is 6. The molecule has 0 aliphatic heterocycles. The Morgan fingerprint density at radius 1 is 1.31 bits per heavy atom. The Morgan fingerprint density at radius 2 is 2.06 bits per heavy atom. The van der Waals surface area contributed by atoms with Crippen LogP contribution in [-0.2, 0) is 6.54 Å². The van der Waals surface area contributed by atoms with Crippen molar-refractivity contribution in [3.05, 3.63) is 34.1 Å². The normalized spacial score (nSPS) is 11.1. The van der Waals surface area contributed by atoms with Crippen molar-refractivity contribution in [1.29, 1.82) is 0 Å². The molecule has 0 aromatic heterocycles. The fraction of sp³-hybridized carbons (Fsp3) is 0.538. The summed E-state index contributed by atoms with van der Waals surface area (Å²) >= 11 is 3.27. The molecule has 0 bridgehead atoms. The average molecular weight is 288 g/mol. The van der Waals surface area contributed by atoms with E-state index in [0.29, 0.717) is 6.54 Å². The number of nitrogens with zero attached hydrogens (tertiary/aromatic N) is 1. The van der Waals surface area contributed by atoms with Crippen LogP contribution in [0.1, 0.15) is 32.3 Å². The van der Waals surface area contributed by atoms with Crippen LogP contribution in [0.2, 0.25) is 0 Å². The van der Waals surface area contributed by atoms with Crippen LogP contribution in [0.15, 0.2) is 22.7 Å². The molecule has 0 saturated heterocycles. The standard InChI is InChI=1S/C13H19BrFN/c1-3-5-8-16(4-2)10-11-6-7-12(14)9-13(11)15/h6-7,9H,3-5,8,10H2,1-2H3. The van der Waals surface area contributed by atoms with Crippen LogP contribution in [0.3, 0.4) is 0 Å². The zero-order valence-corrected chi connectivity index (χ0v) is 11.6. The Labute approximate surface area is 106 Å². The van der Waals surface area contributed by atoms with Gasteiger partial charge in [-0.3, -0.25) is 4.90 Å². The topological polar surface area (TPSA) is 3.24 Å². The lowest BCUT2D eigenvalue weighted by molar-refractivity contribution is 0.271. The molecule has 0 atom stereocenters. The Morgan fingerprint density at radius 3 is 2.62 bits per heavy atom. The maximum absolute atomic E-state index is 13.6. The zero-order valence-electron chi connectivity index (χ0n) is 9.97. The summed E-state index contributed by atoms with van der Waals surface area (Å²) in [5.41, 5.74) is 0.779. The van der Waals surface area contributed by atoms with E-state index in [4.69, 9.17) is 0 Å². The van der Waals surface area contributed by atoms with Gasteiger partial charge in [0.1, 0.15) is 5.82 Å². The molecule has 0 amide bonds. The molecule has 0 fully saturated rings. The molecule has 0 unspecified atom stereocenters. The molecule has 1 rings (SSSR count). The van der Waals surface area contributed by atoms with Gasteiger partial charge >= 0.3 is 0 Å². The minimum absolute atomic E-state index is 0.121. The third-order valence-electron chi connectivity index (χ3n) is 2.68. The van der Waals surface area contributed by atoms with Crippen molar-refractivity contribution in [2.24, 2.45) is 0 Å². The predicted molar refractivity (Wildman–Crippen MR) is 70.0 cm³/mol. The molecule has 0 N–H and O–H groups in total. The predicted octanol–water partition coefficient (Wildman–Crippen LogP) is 4.21. The van der Waals surface area contributed by atoms with Gasteiger partial charge in [0, 0.05) is 16.6 Å². The first kappa shape index (κ1) is 13.7. The third-order valence-corrected chi connectivity index (χ3v) is 3.18. The molecule has 16 heavy (non-hydrogen) atoms. The van der Waals surface area contributed by atoms with Gasteiger partial charge < -0.3 is 0 Å². The SMILES string of the molecule is CCCCN(CC)Cc1ccc(Br)cc1F. The van der Waals surface area contributed by atoms with Gasteiger partial charge in [-0.15, -0.1) is 0 Å². The summed E-state index contributed by atoms with van der Waals surface area (Å²) in [5, 5.41) is 0. The molecule has 1 aromatic rings. The van der Waals surface area contributed by atoms with E-state index in [1.807, 2.05) is 12.1 Å². The maximum atomic E-state index is 13.6. The first-order valence-corrected chi connectivity index (χ1v) is 6.63. The fourth-order valence-corrected chi connectivity index (χ4v) is 1.95. The van der Waals surface area contributed by atoms with E-state index in [1.165, 1.54) is 18.9 Å². The summed E-state index contributed by atoms with van der Waals surface area (Å²) in [6, 6.07) is 5.28. The van der Waals surface area contributed by atoms with Crippen molar-refractivity contribution in [2.75, 3.05) is 13.1 Å². The highest BCUT2D eigenvalue weighted by Gasteiger charge is 2.07. The van der Waals surface area contributed by atoms with Crippen LogP contribution in [0.4, 0.5) is 4.39 Å². The van der Waals surface area contributed by atoms with Gasteiger partial charge in [-0.25, -0.2) is 4.39 Å².